The van der Waals surface area contributed by atoms with Crippen molar-refractivity contribution in [2.45, 2.75) is 53.8 Å². The monoisotopic (exact) mass is 432 g/mol. The zero-order valence-corrected chi connectivity index (χ0v) is 19.3. The van der Waals surface area contributed by atoms with Gasteiger partial charge in [0.2, 0.25) is 0 Å². The van der Waals surface area contributed by atoms with Crippen molar-refractivity contribution >= 4 is 17.5 Å². The maximum Gasteiger partial charge on any atom is 0.272 e. The molecule has 1 aromatic carbocycles. The van der Waals surface area contributed by atoms with Crippen LogP contribution in [0.4, 0.5) is 0 Å². The summed E-state index contributed by atoms with van der Waals surface area (Å²) in [5.74, 6) is 1.10. The molecule has 2 N–H and O–H groups in total. The molecule has 0 aliphatic carbocycles. The van der Waals surface area contributed by atoms with Crippen molar-refractivity contribution < 1.29 is 9.90 Å². The summed E-state index contributed by atoms with van der Waals surface area (Å²) in [5, 5.41) is 13.5. The topological polar surface area (TPSA) is 70.4 Å². The second kappa shape index (κ2) is 9.08. The Bertz CT molecular complexity index is 884. The van der Waals surface area contributed by atoms with Crippen molar-refractivity contribution in [1.82, 2.24) is 19.8 Å². The maximum atomic E-state index is 13.2. The van der Waals surface area contributed by atoms with E-state index in [4.69, 9.17) is 16.6 Å². The van der Waals surface area contributed by atoms with E-state index in [0.717, 1.165) is 36.7 Å². The molecule has 0 fully saturated rings. The van der Waals surface area contributed by atoms with Crippen LogP contribution in [0.25, 0.3) is 11.4 Å². The van der Waals surface area contributed by atoms with Gasteiger partial charge in [-0.2, -0.15) is 0 Å². The highest BCUT2D eigenvalue weighted by Gasteiger charge is 2.31. The molecule has 30 heavy (non-hydrogen) atoms. The molecule has 2 aromatic rings. The molecule has 1 unspecified atom stereocenters. The van der Waals surface area contributed by atoms with E-state index >= 15 is 0 Å². The van der Waals surface area contributed by atoms with E-state index in [-0.39, 0.29) is 24.0 Å². The van der Waals surface area contributed by atoms with Gasteiger partial charge in [0.05, 0.1) is 18.3 Å². The third kappa shape index (κ3) is 5.05. The zero-order chi connectivity index (χ0) is 22.1. The van der Waals surface area contributed by atoms with Crippen molar-refractivity contribution in [2.24, 2.45) is 11.3 Å². The van der Waals surface area contributed by atoms with Crippen molar-refractivity contribution in [3.8, 4) is 11.4 Å². The van der Waals surface area contributed by atoms with Gasteiger partial charge in [0.1, 0.15) is 5.82 Å². The van der Waals surface area contributed by atoms with E-state index in [9.17, 15) is 9.90 Å². The first-order chi connectivity index (χ1) is 14.1. The second-order valence-electron chi connectivity index (χ2n) is 9.59. The summed E-state index contributed by atoms with van der Waals surface area (Å²) >= 11 is 6.06. The molecule has 1 aliphatic heterocycles. The summed E-state index contributed by atoms with van der Waals surface area (Å²) in [5.41, 5.74) is 2.05. The Balaban J connectivity index is 1.99. The summed E-state index contributed by atoms with van der Waals surface area (Å²) in [6.45, 7) is 13.6. The number of carbonyl (C=O) groups excluding carboxylic acids is 1. The molecule has 7 heteroatoms. The molecule has 0 spiro atoms. The number of halogens is 1. The Hall–Kier alpha value is -1.89. The largest absolute Gasteiger partial charge is 0.394 e. The standard InChI is InChI=1S/C23H33ClN4O2/c1-15(2)12-27-10-11-28-18(13-27)20(22(30)25-19(14-29)23(3,4)5)26-21(28)16-6-8-17(24)9-7-16/h6-9,15,19,29H,10-14H2,1-5H3,(H,25,30). The number of hydrogen-bond acceptors (Lipinski definition) is 4. The van der Waals surface area contributed by atoms with Gasteiger partial charge in [-0.1, -0.05) is 46.2 Å². The number of nitrogens with zero attached hydrogens (tertiary/aromatic N) is 3. The number of amides is 1. The van der Waals surface area contributed by atoms with Gasteiger partial charge in [-0.3, -0.25) is 9.69 Å². The van der Waals surface area contributed by atoms with Crippen molar-refractivity contribution in [1.29, 1.82) is 0 Å². The highest BCUT2D eigenvalue weighted by Crippen LogP contribution is 2.28. The number of aromatic nitrogens is 2. The Labute approximate surface area is 184 Å². The lowest BCUT2D eigenvalue weighted by Crippen LogP contribution is -2.46. The number of imidazole rings is 1. The molecule has 1 amide bonds. The van der Waals surface area contributed by atoms with E-state index in [1.54, 1.807) is 0 Å². The van der Waals surface area contributed by atoms with E-state index in [1.807, 2.05) is 45.0 Å². The van der Waals surface area contributed by atoms with Crippen LogP contribution in [0.2, 0.25) is 5.02 Å². The molecule has 0 bridgehead atoms. The number of hydrogen-bond donors (Lipinski definition) is 2. The first kappa shape index (κ1) is 22.8. The van der Waals surface area contributed by atoms with Crippen LogP contribution >= 0.6 is 11.6 Å². The van der Waals surface area contributed by atoms with Crippen LogP contribution in [-0.2, 0) is 13.1 Å². The molecule has 1 aliphatic rings. The van der Waals surface area contributed by atoms with Crippen molar-refractivity contribution in [2.75, 3.05) is 19.7 Å². The highest BCUT2D eigenvalue weighted by atomic mass is 35.5. The molecule has 1 aromatic heterocycles. The highest BCUT2D eigenvalue weighted by molar-refractivity contribution is 6.30. The average molecular weight is 433 g/mol. The number of nitrogens with one attached hydrogen (secondary N) is 1. The summed E-state index contributed by atoms with van der Waals surface area (Å²) in [6.07, 6.45) is 0. The van der Waals surface area contributed by atoms with Gasteiger partial charge in [-0.05, 0) is 35.6 Å². The SMILES string of the molecule is CC(C)CN1CCn2c(-c3ccc(Cl)cc3)nc(C(=O)NC(CO)C(C)(C)C)c2C1. The average Bonchev–Trinajstić information content (AvgIpc) is 3.04. The summed E-state index contributed by atoms with van der Waals surface area (Å²) in [7, 11) is 0. The normalized spacial score (nSPS) is 15.9. The first-order valence-electron chi connectivity index (χ1n) is 10.6. The lowest BCUT2D eigenvalue weighted by Gasteiger charge is -2.31. The lowest BCUT2D eigenvalue weighted by atomic mass is 9.87. The van der Waals surface area contributed by atoms with Crippen molar-refractivity contribution in [3.05, 3.63) is 40.7 Å². The van der Waals surface area contributed by atoms with Gasteiger partial charge < -0.3 is 15.0 Å². The van der Waals surface area contributed by atoms with Crippen LogP contribution in [0.5, 0.6) is 0 Å². The van der Waals surface area contributed by atoms with Crippen LogP contribution in [0, 0.1) is 11.3 Å². The first-order valence-corrected chi connectivity index (χ1v) is 11.0. The number of rotatable bonds is 6. The molecule has 0 saturated heterocycles. The van der Waals surface area contributed by atoms with E-state index in [2.05, 4.69) is 28.6 Å². The van der Waals surface area contributed by atoms with Crippen LogP contribution < -0.4 is 5.32 Å². The summed E-state index contributed by atoms with van der Waals surface area (Å²) in [4.78, 5) is 20.4. The lowest BCUT2D eigenvalue weighted by molar-refractivity contribution is 0.0839. The smallest absolute Gasteiger partial charge is 0.272 e. The molecule has 0 saturated carbocycles. The molecule has 2 heterocycles. The van der Waals surface area contributed by atoms with Gasteiger partial charge in [0.15, 0.2) is 5.69 Å². The predicted molar refractivity (Wildman–Crippen MR) is 121 cm³/mol. The zero-order valence-electron chi connectivity index (χ0n) is 18.6. The third-order valence-electron chi connectivity index (χ3n) is 5.56. The summed E-state index contributed by atoms with van der Waals surface area (Å²) < 4.78 is 2.15. The molecule has 0 radical (unpaired) electrons. The maximum absolute atomic E-state index is 13.2. The fraction of sp³-hybridized carbons (Fsp3) is 0.565. The Morgan fingerprint density at radius 1 is 1.23 bits per heavy atom. The number of aliphatic hydroxyl groups is 1. The minimum atomic E-state index is -0.350. The van der Waals surface area contributed by atoms with Gasteiger partial charge in [0.25, 0.3) is 5.91 Å². The molecule has 164 valence electrons. The number of aliphatic hydroxyl groups excluding tert-OH is 1. The molecule has 3 rings (SSSR count). The van der Waals surface area contributed by atoms with Gasteiger partial charge in [0, 0.05) is 36.8 Å². The molecule has 1 atom stereocenters. The Morgan fingerprint density at radius 2 is 1.90 bits per heavy atom. The van der Waals surface area contributed by atoms with Gasteiger partial charge >= 0.3 is 0 Å². The fourth-order valence-electron chi connectivity index (χ4n) is 3.86. The molecular formula is C23H33ClN4O2. The van der Waals surface area contributed by atoms with Crippen molar-refractivity contribution in [3.63, 3.8) is 0 Å². The van der Waals surface area contributed by atoms with E-state index < -0.39 is 0 Å². The number of carbonyl (C=O) groups is 1. The van der Waals surface area contributed by atoms with Gasteiger partial charge in [-0.25, -0.2) is 4.98 Å². The van der Waals surface area contributed by atoms with E-state index in [1.165, 1.54) is 0 Å². The third-order valence-corrected chi connectivity index (χ3v) is 5.81. The number of fused-ring (bicyclic) bond motifs is 1. The number of benzene rings is 1. The minimum absolute atomic E-state index is 0.116. The predicted octanol–water partition coefficient (Wildman–Crippen LogP) is 3.81. The van der Waals surface area contributed by atoms with E-state index in [0.29, 0.717) is 23.2 Å². The quantitative estimate of drug-likeness (QED) is 0.728. The van der Waals surface area contributed by atoms with Crippen LogP contribution in [0.3, 0.4) is 0 Å². The van der Waals surface area contributed by atoms with Crippen LogP contribution in [0.15, 0.2) is 24.3 Å². The Morgan fingerprint density at radius 3 is 2.47 bits per heavy atom. The van der Waals surface area contributed by atoms with Crippen LogP contribution in [0.1, 0.15) is 50.8 Å². The fourth-order valence-corrected chi connectivity index (χ4v) is 3.98. The molecule has 6 nitrogen and oxygen atoms in total. The minimum Gasteiger partial charge on any atom is -0.394 e. The Kier molecular flexibility index (Phi) is 6.90. The second-order valence-corrected chi connectivity index (χ2v) is 10.0. The van der Waals surface area contributed by atoms with Crippen LogP contribution in [-0.4, -0.2) is 51.2 Å². The molecular weight excluding hydrogens is 400 g/mol. The van der Waals surface area contributed by atoms with Gasteiger partial charge in [-0.15, -0.1) is 0 Å². The summed E-state index contributed by atoms with van der Waals surface area (Å²) in [6, 6.07) is 7.20.